The molecule has 1 N–H and O–H groups in total. The fourth-order valence-electron chi connectivity index (χ4n) is 2.96. The van der Waals surface area contributed by atoms with Gasteiger partial charge in [0.1, 0.15) is 11.6 Å². The first-order chi connectivity index (χ1) is 13.9. The second-order valence-electron chi connectivity index (χ2n) is 6.99. The van der Waals surface area contributed by atoms with E-state index in [0.29, 0.717) is 37.6 Å². The van der Waals surface area contributed by atoms with E-state index in [1.54, 1.807) is 55.4 Å². The van der Waals surface area contributed by atoms with Crippen LogP contribution in [-0.4, -0.2) is 68.6 Å². The molecule has 2 aromatic carbocycles. The Kier molecular flexibility index (Phi) is 6.54. The average molecular weight is 400 g/mol. The van der Waals surface area contributed by atoms with Gasteiger partial charge in [0.15, 0.2) is 6.61 Å². The van der Waals surface area contributed by atoms with Gasteiger partial charge in [-0.3, -0.25) is 4.79 Å². The van der Waals surface area contributed by atoms with Crippen molar-refractivity contribution in [2.24, 2.45) is 0 Å². The minimum absolute atomic E-state index is 0.0598. The summed E-state index contributed by atoms with van der Waals surface area (Å²) >= 11 is 0. The first-order valence-corrected chi connectivity index (χ1v) is 9.42. The van der Waals surface area contributed by atoms with Crippen LogP contribution >= 0.6 is 0 Å². The number of hydrogen-bond donors (Lipinski definition) is 1. The van der Waals surface area contributed by atoms with E-state index in [-0.39, 0.29) is 24.4 Å². The third-order valence-corrected chi connectivity index (χ3v) is 4.71. The lowest BCUT2D eigenvalue weighted by molar-refractivity contribution is -0.130. The molecule has 1 saturated heterocycles. The Bertz CT molecular complexity index is 849. The monoisotopic (exact) mass is 400 g/mol. The number of halogens is 1. The van der Waals surface area contributed by atoms with Gasteiger partial charge in [0.05, 0.1) is 0 Å². The molecule has 1 heterocycles. The maximum atomic E-state index is 13.1. The zero-order valence-corrected chi connectivity index (χ0v) is 16.6. The largest absolute Gasteiger partial charge is 0.484 e. The van der Waals surface area contributed by atoms with E-state index in [9.17, 15) is 14.0 Å². The average Bonchev–Trinajstić information content (AvgIpc) is 2.73. The summed E-state index contributed by atoms with van der Waals surface area (Å²) in [6.45, 7) is 2.42. The number of hydrogen-bond acceptors (Lipinski definition) is 4. The molecule has 0 unspecified atom stereocenters. The van der Waals surface area contributed by atoms with Crippen molar-refractivity contribution >= 4 is 23.3 Å². The Morgan fingerprint density at radius 1 is 1.07 bits per heavy atom. The molecule has 0 bridgehead atoms. The van der Waals surface area contributed by atoms with Crippen LogP contribution in [0.4, 0.5) is 20.6 Å². The van der Waals surface area contributed by atoms with Crippen molar-refractivity contribution in [3.05, 3.63) is 54.3 Å². The second kappa shape index (κ2) is 9.27. The smallest absolute Gasteiger partial charge is 0.321 e. The molecule has 1 aliphatic rings. The summed E-state index contributed by atoms with van der Waals surface area (Å²) < 4.78 is 18.6. The molecule has 0 aliphatic carbocycles. The Morgan fingerprint density at radius 3 is 2.41 bits per heavy atom. The number of rotatable bonds is 5. The number of benzene rings is 2. The molecular formula is C21H25FN4O3. The standard InChI is InChI=1S/C21H25FN4O3/c1-24(2)20(27)15-29-19-5-3-4-17(14-19)23-21(28)26-12-10-25(11-13-26)18-8-6-16(22)7-9-18/h3-9,14H,10-13,15H2,1-2H3,(H,23,28). The molecule has 8 heteroatoms. The van der Waals surface area contributed by atoms with E-state index in [1.165, 1.54) is 17.0 Å². The highest BCUT2D eigenvalue weighted by atomic mass is 19.1. The number of nitrogens with one attached hydrogen (secondary N) is 1. The van der Waals surface area contributed by atoms with Gasteiger partial charge in [-0.15, -0.1) is 0 Å². The van der Waals surface area contributed by atoms with Gasteiger partial charge in [-0.1, -0.05) is 6.07 Å². The zero-order chi connectivity index (χ0) is 20.8. The maximum absolute atomic E-state index is 13.1. The van der Waals surface area contributed by atoms with Crippen molar-refractivity contribution in [1.82, 2.24) is 9.80 Å². The number of ether oxygens (including phenoxy) is 1. The number of likely N-dealkylation sites (N-methyl/N-ethyl adjacent to an activating group) is 1. The molecule has 2 aromatic rings. The molecule has 154 valence electrons. The van der Waals surface area contributed by atoms with Crippen LogP contribution in [0.2, 0.25) is 0 Å². The number of nitrogens with zero attached hydrogens (tertiary/aromatic N) is 3. The molecule has 0 saturated carbocycles. The number of carbonyl (C=O) groups is 2. The molecule has 0 aromatic heterocycles. The quantitative estimate of drug-likeness (QED) is 0.838. The lowest BCUT2D eigenvalue weighted by Gasteiger charge is -2.36. The topological polar surface area (TPSA) is 65.1 Å². The van der Waals surface area contributed by atoms with Crippen LogP contribution in [0, 0.1) is 5.82 Å². The van der Waals surface area contributed by atoms with E-state index in [4.69, 9.17) is 4.74 Å². The van der Waals surface area contributed by atoms with Crippen LogP contribution in [0.3, 0.4) is 0 Å². The fraction of sp³-hybridized carbons (Fsp3) is 0.333. The van der Waals surface area contributed by atoms with Crippen LogP contribution in [0.15, 0.2) is 48.5 Å². The van der Waals surface area contributed by atoms with Crippen LogP contribution in [0.5, 0.6) is 5.75 Å². The van der Waals surface area contributed by atoms with Gasteiger partial charge in [-0.25, -0.2) is 9.18 Å². The molecule has 7 nitrogen and oxygen atoms in total. The molecule has 3 amide bonds. The number of piperazine rings is 1. The summed E-state index contributed by atoms with van der Waals surface area (Å²) in [5.41, 5.74) is 1.55. The predicted octanol–water partition coefficient (Wildman–Crippen LogP) is 2.65. The molecule has 1 fully saturated rings. The van der Waals surface area contributed by atoms with E-state index < -0.39 is 0 Å². The summed E-state index contributed by atoms with van der Waals surface area (Å²) in [7, 11) is 3.33. The van der Waals surface area contributed by atoms with Crippen molar-refractivity contribution in [1.29, 1.82) is 0 Å². The van der Waals surface area contributed by atoms with E-state index >= 15 is 0 Å². The van der Waals surface area contributed by atoms with Gasteiger partial charge in [-0.05, 0) is 36.4 Å². The molecule has 0 spiro atoms. The van der Waals surface area contributed by atoms with E-state index in [2.05, 4.69) is 10.2 Å². The molecular weight excluding hydrogens is 375 g/mol. The molecule has 3 rings (SSSR count). The highest BCUT2D eigenvalue weighted by molar-refractivity contribution is 5.89. The maximum Gasteiger partial charge on any atom is 0.321 e. The van der Waals surface area contributed by atoms with Crippen molar-refractivity contribution in [3.8, 4) is 5.75 Å². The van der Waals surface area contributed by atoms with Gasteiger partial charge < -0.3 is 24.8 Å². The first kappa shape index (κ1) is 20.4. The Hall–Kier alpha value is -3.29. The van der Waals surface area contributed by atoms with Crippen molar-refractivity contribution < 1.29 is 18.7 Å². The summed E-state index contributed by atoms with van der Waals surface area (Å²) in [6.07, 6.45) is 0. The Morgan fingerprint density at radius 2 is 1.76 bits per heavy atom. The van der Waals surface area contributed by atoms with Gasteiger partial charge in [0.2, 0.25) is 0 Å². The summed E-state index contributed by atoms with van der Waals surface area (Å²) in [4.78, 5) is 29.5. The normalized spacial score (nSPS) is 13.8. The number of anilines is 2. The Balaban J connectivity index is 1.51. The van der Waals surface area contributed by atoms with E-state index in [0.717, 1.165) is 5.69 Å². The van der Waals surface area contributed by atoms with E-state index in [1.807, 2.05) is 0 Å². The van der Waals surface area contributed by atoms with Crippen molar-refractivity contribution in [2.45, 2.75) is 0 Å². The molecule has 29 heavy (non-hydrogen) atoms. The fourth-order valence-corrected chi connectivity index (χ4v) is 2.96. The lowest BCUT2D eigenvalue weighted by atomic mass is 10.2. The van der Waals surface area contributed by atoms with Gasteiger partial charge >= 0.3 is 6.03 Å². The number of urea groups is 1. The SMILES string of the molecule is CN(C)C(=O)COc1cccc(NC(=O)N2CCN(c3ccc(F)cc3)CC2)c1. The van der Waals surface area contributed by atoms with Crippen molar-refractivity contribution in [2.75, 3.05) is 57.1 Å². The minimum Gasteiger partial charge on any atom is -0.484 e. The molecule has 1 aliphatic heterocycles. The van der Waals surface area contributed by atoms with Gasteiger partial charge in [-0.2, -0.15) is 0 Å². The summed E-state index contributed by atoms with van der Waals surface area (Å²) in [5.74, 6) is 0.113. The van der Waals surface area contributed by atoms with Crippen LogP contribution in [0.1, 0.15) is 0 Å². The predicted molar refractivity (Wildman–Crippen MR) is 110 cm³/mol. The number of carbonyl (C=O) groups excluding carboxylic acids is 2. The minimum atomic E-state index is -0.260. The van der Waals surface area contributed by atoms with Crippen LogP contribution in [-0.2, 0) is 4.79 Å². The number of amides is 3. The van der Waals surface area contributed by atoms with Crippen LogP contribution in [0.25, 0.3) is 0 Å². The Labute approximate surface area is 169 Å². The second-order valence-corrected chi connectivity index (χ2v) is 6.99. The zero-order valence-electron chi connectivity index (χ0n) is 16.6. The highest BCUT2D eigenvalue weighted by Crippen LogP contribution is 2.20. The third-order valence-electron chi connectivity index (χ3n) is 4.71. The van der Waals surface area contributed by atoms with Gasteiger partial charge in [0, 0.05) is 57.7 Å². The first-order valence-electron chi connectivity index (χ1n) is 9.42. The summed E-state index contributed by atoms with van der Waals surface area (Å²) in [5, 5.41) is 2.87. The summed E-state index contributed by atoms with van der Waals surface area (Å²) in [6, 6.07) is 13.1. The third kappa shape index (κ3) is 5.60. The highest BCUT2D eigenvalue weighted by Gasteiger charge is 2.21. The van der Waals surface area contributed by atoms with Gasteiger partial charge in [0.25, 0.3) is 5.91 Å². The lowest BCUT2D eigenvalue weighted by Crippen LogP contribution is -2.50. The van der Waals surface area contributed by atoms with Crippen molar-refractivity contribution in [3.63, 3.8) is 0 Å². The molecule has 0 radical (unpaired) electrons. The van der Waals surface area contributed by atoms with Crippen LogP contribution < -0.4 is 15.0 Å². The molecule has 0 atom stereocenters.